The summed E-state index contributed by atoms with van der Waals surface area (Å²) in [6.45, 7) is 5.18. The van der Waals surface area contributed by atoms with Gasteiger partial charge in [-0.05, 0) is 38.5 Å². The maximum atomic E-state index is 12.9. The average Bonchev–Trinajstić information content (AvgIpc) is 2.93. The number of primary amides is 1. The fourth-order valence-corrected chi connectivity index (χ4v) is 3.54. The zero-order valence-corrected chi connectivity index (χ0v) is 16.5. The molecule has 1 aromatic heterocycles. The number of nitrogens with one attached hydrogen (secondary N) is 2. The highest BCUT2D eigenvalue weighted by Gasteiger charge is 2.25. The summed E-state index contributed by atoms with van der Waals surface area (Å²) in [5.41, 5.74) is 7.85. The Hall–Kier alpha value is -2.74. The Bertz CT molecular complexity index is 876. The normalized spacial score (nSPS) is 11.7. The number of aromatic nitrogens is 1. The van der Waals surface area contributed by atoms with Crippen LogP contribution in [0.5, 0.6) is 0 Å². The fourth-order valence-electron chi connectivity index (χ4n) is 2.78. The molecule has 0 bridgehead atoms. The van der Waals surface area contributed by atoms with Crippen molar-refractivity contribution in [1.82, 2.24) is 4.98 Å². The first-order valence-electron chi connectivity index (χ1n) is 8.34. The molecule has 0 aliphatic heterocycles. The molecule has 4 N–H and O–H groups in total. The van der Waals surface area contributed by atoms with E-state index in [0.717, 1.165) is 10.6 Å². The number of carbonyl (C=O) groups excluding carboxylic acids is 3. The third kappa shape index (κ3) is 4.71. The predicted molar refractivity (Wildman–Crippen MR) is 105 cm³/mol. The van der Waals surface area contributed by atoms with Crippen molar-refractivity contribution < 1.29 is 19.1 Å². The average molecular weight is 389 g/mol. The van der Waals surface area contributed by atoms with E-state index in [1.54, 1.807) is 20.8 Å². The van der Waals surface area contributed by atoms with Gasteiger partial charge in [-0.3, -0.25) is 9.59 Å². The molecule has 1 aromatic carbocycles. The molecule has 7 nitrogen and oxygen atoms in total. The second kappa shape index (κ2) is 8.77. The van der Waals surface area contributed by atoms with Crippen LogP contribution in [-0.2, 0) is 9.53 Å². The number of H-pyrrole nitrogens is 1. The number of hydrogen-bond donors (Lipinski definition) is 3. The quantitative estimate of drug-likeness (QED) is 0.363. The number of nitrogens with two attached hydrogens (primary N) is 1. The minimum absolute atomic E-state index is 0.151. The number of anilines is 1. The van der Waals surface area contributed by atoms with Gasteiger partial charge in [-0.1, -0.05) is 12.1 Å². The molecule has 0 radical (unpaired) electrons. The fraction of sp³-hybridized carbons (Fsp3) is 0.316. The molecule has 0 saturated heterocycles. The van der Waals surface area contributed by atoms with Gasteiger partial charge in [0.1, 0.15) is 0 Å². The number of aromatic amines is 1. The first-order valence-corrected chi connectivity index (χ1v) is 9.33. The van der Waals surface area contributed by atoms with Crippen LogP contribution < -0.4 is 11.1 Å². The number of para-hydroxylation sites is 1. The lowest BCUT2D eigenvalue weighted by atomic mass is 10.0. The van der Waals surface area contributed by atoms with Gasteiger partial charge in [0, 0.05) is 16.3 Å². The SMILES string of the molecule is COC(=O)c1c(C)[nH]c(C(=O)[C@H](C)Nc2ccccc2SCC(N)=O)c1C. The summed E-state index contributed by atoms with van der Waals surface area (Å²) in [4.78, 5) is 39.7. The number of amides is 1. The van der Waals surface area contributed by atoms with Crippen LogP contribution in [0.4, 0.5) is 5.69 Å². The minimum atomic E-state index is -0.553. The maximum absolute atomic E-state index is 12.9. The molecule has 2 rings (SSSR count). The van der Waals surface area contributed by atoms with Crippen molar-refractivity contribution in [2.75, 3.05) is 18.2 Å². The lowest BCUT2D eigenvalue weighted by molar-refractivity contribution is -0.115. The topological polar surface area (TPSA) is 114 Å². The van der Waals surface area contributed by atoms with Crippen LogP contribution in [0.3, 0.4) is 0 Å². The molecule has 0 fully saturated rings. The Labute approximate surface area is 162 Å². The molecular weight excluding hydrogens is 366 g/mol. The van der Waals surface area contributed by atoms with E-state index in [-0.39, 0.29) is 11.5 Å². The molecule has 2 aromatic rings. The van der Waals surface area contributed by atoms with Crippen molar-refractivity contribution in [3.8, 4) is 0 Å². The van der Waals surface area contributed by atoms with Gasteiger partial charge in [0.15, 0.2) is 0 Å². The summed E-state index contributed by atoms with van der Waals surface area (Å²) in [5.74, 6) is -0.917. The Kier molecular flexibility index (Phi) is 6.68. The zero-order valence-electron chi connectivity index (χ0n) is 15.7. The van der Waals surface area contributed by atoms with Crippen LogP contribution in [0.25, 0.3) is 0 Å². The molecule has 1 amide bonds. The van der Waals surface area contributed by atoms with Crippen LogP contribution in [-0.4, -0.2) is 41.5 Å². The van der Waals surface area contributed by atoms with E-state index in [4.69, 9.17) is 10.5 Å². The van der Waals surface area contributed by atoms with E-state index in [1.807, 2.05) is 24.3 Å². The molecule has 0 saturated carbocycles. The molecule has 1 atom stereocenters. The van der Waals surface area contributed by atoms with Crippen LogP contribution in [0, 0.1) is 13.8 Å². The second-order valence-electron chi connectivity index (χ2n) is 6.10. The van der Waals surface area contributed by atoms with Crippen molar-refractivity contribution in [3.63, 3.8) is 0 Å². The molecule has 0 unspecified atom stereocenters. The number of esters is 1. The van der Waals surface area contributed by atoms with Gasteiger partial charge in [0.25, 0.3) is 0 Å². The first-order chi connectivity index (χ1) is 12.8. The molecule has 8 heteroatoms. The summed E-state index contributed by atoms with van der Waals surface area (Å²) < 4.78 is 4.78. The summed E-state index contributed by atoms with van der Waals surface area (Å²) in [5, 5.41) is 3.17. The lowest BCUT2D eigenvalue weighted by Gasteiger charge is -2.17. The summed E-state index contributed by atoms with van der Waals surface area (Å²) >= 11 is 1.30. The number of benzene rings is 1. The van der Waals surface area contributed by atoms with Gasteiger partial charge in [0.05, 0.1) is 30.2 Å². The number of Topliss-reactive ketones (excluding diaryl/α,β-unsaturated/α-hetero) is 1. The smallest absolute Gasteiger partial charge is 0.339 e. The van der Waals surface area contributed by atoms with E-state index in [1.165, 1.54) is 18.9 Å². The van der Waals surface area contributed by atoms with Gasteiger partial charge >= 0.3 is 5.97 Å². The number of carbonyl (C=O) groups is 3. The highest BCUT2D eigenvalue weighted by molar-refractivity contribution is 8.00. The number of hydrogen-bond acceptors (Lipinski definition) is 6. The number of rotatable bonds is 8. The van der Waals surface area contributed by atoms with Crippen LogP contribution in [0.2, 0.25) is 0 Å². The van der Waals surface area contributed by atoms with Crippen LogP contribution >= 0.6 is 11.8 Å². The Morgan fingerprint density at radius 2 is 1.93 bits per heavy atom. The van der Waals surface area contributed by atoms with Crippen molar-refractivity contribution >= 4 is 35.1 Å². The molecule has 27 heavy (non-hydrogen) atoms. The van der Waals surface area contributed by atoms with Crippen molar-refractivity contribution in [2.45, 2.75) is 31.7 Å². The summed E-state index contributed by atoms with van der Waals surface area (Å²) in [6, 6.07) is 6.82. The molecular formula is C19H23N3O4S. The zero-order chi connectivity index (χ0) is 20.1. The number of aryl methyl sites for hydroxylation is 1. The van der Waals surface area contributed by atoms with Crippen molar-refractivity contribution in [1.29, 1.82) is 0 Å². The van der Waals surface area contributed by atoms with Gasteiger partial charge in [-0.15, -0.1) is 11.8 Å². The van der Waals surface area contributed by atoms with Gasteiger partial charge in [-0.25, -0.2) is 4.79 Å². The van der Waals surface area contributed by atoms with Crippen molar-refractivity contribution in [2.24, 2.45) is 5.73 Å². The number of ether oxygens (including phenoxy) is 1. The molecule has 144 valence electrons. The maximum Gasteiger partial charge on any atom is 0.339 e. The minimum Gasteiger partial charge on any atom is -0.465 e. The van der Waals surface area contributed by atoms with Crippen molar-refractivity contribution in [3.05, 3.63) is 46.8 Å². The van der Waals surface area contributed by atoms with Gasteiger partial charge < -0.3 is 20.8 Å². The first kappa shape index (κ1) is 20.6. The van der Waals surface area contributed by atoms with E-state index in [2.05, 4.69) is 10.3 Å². The molecule has 1 heterocycles. The van der Waals surface area contributed by atoms with Crippen LogP contribution in [0.1, 0.15) is 39.0 Å². The Morgan fingerprint density at radius 3 is 2.56 bits per heavy atom. The summed E-state index contributed by atoms with van der Waals surface area (Å²) in [7, 11) is 1.31. The third-order valence-corrected chi connectivity index (χ3v) is 5.19. The van der Waals surface area contributed by atoms with Crippen LogP contribution in [0.15, 0.2) is 29.2 Å². The van der Waals surface area contributed by atoms with Gasteiger partial charge in [0.2, 0.25) is 11.7 Å². The highest BCUT2D eigenvalue weighted by atomic mass is 32.2. The predicted octanol–water partition coefficient (Wildman–Crippen LogP) is 2.68. The lowest BCUT2D eigenvalue weighted by Crippen LogP contribution is -2.27. The summed E-state index contributed by atoms with van der Waals surface area (Å²) in [6.07, 6.45) is 0. The van der Waals surface area contributed by atoms with E-state index < -0.39 is 17.9 Å². The number of methoxy groups -OCH3 is 1. The van der Waals surface area contributed by atoms with Gasteiger partial charge in [-0.2, -0.15) is 0 Å². The third-order valence-electron chi connectivity index (χ3n) is 4.10. The highest BCUT2D eigenvalue weighted by Crippen LogP contribution is 2.28. The molecule has 0 spiro atoms. The Balaban J connectivity index is 2.22. The molecule has 0 aliphatic carbocycles. The largest absolute Gasteiger partial charge is 0.465 e. The van der Waals surface area contributed by atoms with E-state index in [0.29, 0.717) is 22.5 Å². The Morgan fingerprint density at radius 1 is 1.26 bits per heavy atom. The van der Waals surface area contributed by atoms with E-state index in [9.17, 15) is 14.4 Å². The monoisotopic (exact) mass is 389 g/mol. The van der Waals surface area contributed by atoms with E-state index >= 15 is 0 Å². The second-order valence-corrected chi connectivity index (χ2v) is 7.12. The number of ketones is 1. The standard InChI is InChI=1S/C19H23N3O4S/c1-10-16(19(25)26-4)11(2)22-17(10)18(24)12(3)21-13-7-5-6-8-14(13)27-9-15(20)23/h5-8,12,21-22H,9H2,1-4H3,(H2,20,23)/t12-/m0/s1. The molecule has 0 aliphatic rings. The number of thioether (sulfide) groups is 1.